The number of benzene rings is 4. The fraction of sp³-hybridized carbons (Fsp3) is 0.200. The van der Waals surface area contributed by atoms with Crippen LogP contribution >= 0.6 is 0 Å². The molecule has 0 unspecified atom stereocenters. The topological polar surface area (TPSA) is 180 Å². The van der Waals surface area contributed by atoms with Gasteiger partial charge in [0.05, 0.1) is 6.10 Å². The SMILES string of the molecule is Oc1ccc([C@H]2c3cc4c(cc3O[C@H](c3ccc(O)c(O)c3)[C@H]2O)O[C@H](c2ccc(O)c(O)c2)[C@@H](O)C4)c(O)c1. The lowest BCUT2D eigenvalue weighted by Gasteiger charge is -2.39. The van der Waals surface area contributed by atoms with Crippen LogP contribution in [0.3, 0.4) is 0 Å². The van der Waals surface area contributed by atoms with Gasteiger partial charge in [-0.15, -0.1) is 0 Å². The van der Waals surface area contributed by atoms with Crippen LogP contribution in [0.2, 0.25) is 0 Å². The first-order valence-electron chi connectivity index (χ1n) is 12.5. The third kappa shape index (κ3) is 4.23. The highest BCUT2D eigenvalue weighted by molar-refractivity contribution is 5.57. The number of rotatable bonds is 3. The van der Waals surface area contributed by atoms with E-state index in [1.54, 1.807) is 12.1 Å². The smallest absolute Gasteiger partial charge is 0.157 e. The van der Waals surface area contributed by atoms with Gasteiger partial charge < -0.3 is 50.3 Å². The van der Waals surface area contributed by atoms with E-state index in [4.69, 9.17) is 9.47 Å². The van der Waals surface area contributed by atoms with Crippen LogP contribution in [0.4, 0.5) is 0 Å². The minimum Gasteiger partial charge on any atom is -0.508 e. The van der Waals surface area contributed by atoms with Gasteiger partial charge >= 0.3 is 0 Å². The molecule has 40 heavy (non-hydrogen) atoms. The standard InChI is InChI=1S/C30H26O10/c31-16-3-4-17(21(34)11-16)27-18-7-15-10-24(37)29(13-1-5-19(32)22(35)8-13)39-25(15)12-26(18)40-30(28(27)38)14-2-6-20(33)23(36)9-14/h1-9,11-12,24,27-38H,10H2/t24-,27-,28-,29+,30+/m0/s1. The molecule has 8 N–H and O–H groups in total. The quantitative estimate of drug-likeness (QED) is 0.177. The molecule has 0 spiro atoms. The van der Waals surface area contributed by atoms with Crippen LogP contribution in [0.25, 0.3) is 0 Å². The summed E-state index contributed by atoms with van der Waals surface area (Å²) in [5, 5.41) is 82.6. The molecule has 2 aliphatic rings. The molecule has 5 atom stereocenters. The lowest BCUT2D eigenvalue weighted by atomic mass is 9.78. The van der Waals surface area contributed by atoms with Crippen molar-refractivity contribution in [2.45, 2.75) is 36.8 Å². The minimum absolute atomic E-state index is 0.156. The van der Waals surface area contributed by atoms with Crippen molar-refractivity contribution in [1.82, 2.24) is 0 Å². The summed E-state index contributed by atoms with van der Waals surface area (Å²) in [6, 6.07) is 15.6. The van der Waals surface area contributed by atoms with Gasteiger partial charge in [-0.2, -0.15) is 0 Å². The van der Waals surface area contributed by atoms with Crippen LogP contribution in [0.5, 0.6) is 46.0 Å². The lowest BCUT2D eigenvalue weighted by molar-refractivity contribution is 0.00457. The summed E-state index contributed by atoms with van der Waals surface area (Å²) in [4.78, 5) is 0. The Balaban J connectivity index is 1.46. The molecule has 4 aromatic rings. The zero-order chi connectivity index (χ0) is 28.3. The average Bonchev–Trinajstić information content (AvgIpc) is 2.91. The highest BCUT2D eigenvalue weighted by atomic mass is 16.5. The molecule has 0 amide bonds. The Morgan fingerprint density at radius 3 is 1.80 bits per heavy atom. The number of aliphatic hydroxyl groups is 2. The second-order valence-electron chi connectivity index (χ2n) is 10.1. The third-order valence-electron chi connectivity index (χ3n) is 7.47. The Labute approximate surface area is 227 Å². The zero-order valence-corrected chi connectivity index (χ0v) is 20.8. The molecule has 10 nitrogen and oxygen atoms in total. The van der Waals surface area contributed by atoms with Crippen molar-refractivity contribution in [3.05, 3.63) is 94.5 Å². The Hall–Kier alpha value is -4.80. The third-order valence-corrected chi connectivity index (χ3v) is 7.47. The van der Waals surface area contributed by atoms with Gasteiger partial charge in [-0.25, -0.2) is 0 Å². The number of phenols is 6. The van der Waals surface area contributed by atoms with Gasteiger partial charge in [0.25, 0.3) is 0 Å². The average molecular weight is 547 g/mol. The van der Waals surface area contributed by atoms with Gasteiger partial charge in [0.15, 0.2) is 29.1 Å². The predicted octanol–water partition coefficient (Wildman–Crippen LogP) is 3.58. The first kappa shape index (κ1) is 25.5. The molecule has 0 aromatic heterocycles. The van der Waals surface area contributed by atoms with E-state index in [0.717, 1.165) is 0 Å². The maximum absolute atomic E-state index is 11.6. The van der Waals surface area contributed by atoms with Crippen molar-refractivity contribution < 1.29 is 50.3 Å². The van der Waals surface area contributed by atoms with E-state index in [1.807, 2.05) is 0 Å². The molecule has 10 heteroatoms. The lowest BCUT2D eigenvalue weighted by Crippen LogP contribution is -2.36. The van der Waals surface area contributed by atoms with Gasteiger partial charge in [0, 0.05) is 35.6 Å². The van der Waals surface area contributed by atoms with E-state index in [9.17, 15) is 40.9 Å². The second kappa shape index (κ2) is 9.44. The molecule has 4 aromatic carbocycles. The van der Waals surface area contributed by atoms with E-state index in [2.05, 4.69) is 0 Å². The summed E-state index contributed by atoms with van der Waals surface area (Å²) >= 11 is 0. The molecular formula is C30H26O10. The normalized spacial score (nSPS) is 23.4. The monoisotopic (exact) mass is 546 g/mol. The van der Waals surface area contributed by atoms with Crippen LogP contribution in [0.1, 0.15) is 45.9 Å². The Morgan fingerprint density at radius 1 is 0.550 bits per heavy atom. The minimum atomic E-state index is -1.27. The van der Waals surface area contributed by atoms with Gasteiger partial charge in [0.1, 0.15) is 35.2 Å². The van der Waals surface area contributed by atoms with Crippen LogP contribution in [-0.2, 0) is 6.42 Å². The first-order chi connectivity index (χ1) is 19.1. The second-order valence-corrected chi connectivity index (χ2v) is 10.1. The number of aliphatic hydroxyl groups excluding tert-OH is 2. The highest BCUT2D eigenvalue weighted by Gasteiger charge is 2.42. The first-order valence-corrected chi connectivity index (χ1v) is 12.5. The van der Waals surface area contributed by atoms with E-state index in [1.165, 1.54) is 54.6 Å². The summed E-state index contributed by atoms with van der Waals surface area (Å²) in [5.41, 5.74) is 2.25. The summed E-state index contributed by atoms with van der Waals surface area (Å²) in [5.74, 6) is -1.94. The molecule has 2 heterocycles. The Morgan fingerprint density at radius 2 is 1.18 bits per heavy atom. The maximum Gasteiger partial charge on any atom is 0.157 e. The van der Waals surface area contributed by atoms with Crippen molar-refractivity contribution in [3.8, 4) is 46.0 Å². The van der Waals surface area contributed by atoms with Crippen LogP contribution in [-0.4, -0.2) is 53.1 Å². The molecule has 206 valence electrons. The van der Waals surface area contributed by atoms with Crippen molar-refractivity contribution in [1.29, 1.82) is 0 Å². The molecule has 0 radical (unpaired) electrons. The summed E-state index contributed by atoms with van der Waals surface area (Å²) in [6.45, 7) is 0. The Bertz CT molecular complexity index is 1620. The highest BCUT2D eigenvalue weighted by Crippen LogP contribution is 2.51. The fourth-order valence-corrected chi connectivity index (χ4v) is 5.49. The van der Waals surface area contributed by atoms with Crippen molar-refractivity contribution >= 4 is 0 Å². The molecule has 2 aliphatic heterocycles. The number of aromatic hydroxyl groups is 6. The molecule has 0 fully saturated rings. The van der Waals surface area contributed by atoms with E-state index in [-0.39, 0.29) is 35.2 Å². The number of fused-ring (bicyclic) bond motifs is 2. The van der Waals surface area contributed by atoms with Gasteiger partial charge in [-0.3, -0.25) is 0 Å². The number of ether oxygens (including phenoxy) is 2. The van der Waals surface area contributed by atoms with Crippen molar-refractivity contribution in [2.75, 3.05) is 0 Å². The van der Waals surface area contributed by atoms with Crippen LogP contribution in [0.15, 0.2) is 66.7 Å². The number of hydrogen-bond donors (Lipinski definition) is 8. The van der Waals surface area contributed by atoms with E-state index < -0.39 is 36.1 Å². The fourth-order valence-electron chi connectivity index (χ4n) is 5.49. The molecule has 0 saturated carbocycles. The predicted molar refractivity (Wildman–Crippen MR) is 140 cm³/mol. The zero-order valence-electron chi connectivity index (χ0n) is 20.8. The van der Waals surface area contributed by atoms with Crippen LogP contribution < -0.4 is 9.47 Å². The van der Waals surface area contributed by atoms with Gasteiger partial charge in [-0.1, -0.05) is 18.2 Å². The van der Waals surface area contributed by atoms with Gasteiger partial charge in [-0.05, 0) is 53.1 Å². The number of phenolic OH excluding ortho intramolecular Hbond substituents is 6. The summed E-state index contributed by atoms with van der Waals surface area (Å²) in [6.07, 6.45) is -4.00. The van der Waals surface area contributed by atoms with E-state index in [0.29, 0.717) is 39.3 Å². The van der Waals surface area contributed by atoms with Crippen molar-refractivity contribution in [3.63, 3.8) is 0 Å². The summed E-state index contributed by atoms with van der Waals surface area (Å²) < 4.78 is 12.4. The maximum atomic E-state index is 11.6. The molecule has 0 saturated heterocycles. The largest absolute Gasteiger partial charge is 0.508 e. The molecule has 0 bridgehead atoms. The molecule has 0 aliphatic carbocycles. The van der Waals surface area contributed by atoms with Crippen molar-refractivity contribution in [2.24, 2.45) is 0 Å². The molecule has 6 rings (SSSR count). The molecular weight excluding hydrogens is 520 g/mol. The van der Waals surface area contributed by atoms with E-state index >= 15 is 0 Å². The van der Waals surface area contributed by atoms with Gasteiger partial charge in [0.2, 0.25) is 0 Å². The Kier molecular flexibility index (Phi) is 6.01. The number of hydrogen-bond acceptors (Lipinski definition) is 10. The summed E-state index contributed by atoms with van der Waals surface area (Å²) in [7, 11) is 0. The van der Waals surface area contributed by atoms with Crippen LogP contribution in [0, 0.1) is 0 Å².